The van der Waals surface area contributed by atoms with Gasteiger partial charge in [0.05, 0.1) is 21.7 Å². The highest BCUT2D eigenvalue weighted by Gasteiger charge is 2.21. The lowest BCUT2D eigenvalue weighted by molar-refractivity contribution is 0.0946. The minimum atomic E-state index is -3.51. The van der Waals surface area contributed by atoms with E-state index in [0.29, 0.717) is 23.3 Å². The molecule has 0 atom stereocenters. The van der Waals surface area contributed by atoms with E-state index in [0.717, 1.165) is 41.1 Å². The molecule has 4 aromatic rings. The van der Waals surface area contributed by atoms with Gasteiger partial charge in [0.15, 0.2) is 9.84 Å². The number of nitrogens with one attached hydrogen (secondary N) is 2. The largest absolute Gasteiger partial charge is 0.358 e. The van der Waals surface area contributed by atoms with Crippen LogP contribution in [0.25, 0.3) is 33.4 Å². The van der Waals surface area contributed by atoms with E-state index < -0.39 is 15.7 Å². The summed E-state index contributed by atoms with van der Waals surface area (Å²) in [5.74, 6) is -0.759. The Hall–Kier alpha value is -3.52. The predicted molar refractivity (Wildman–Crippen MR) is 116 cm³/mol. The molecule has 2 N–H and O–H groups in total. The summed E-state index contributed by atoms with van der Waals surface area (Å²) in [6.45, 7) is 0.590. The Morgan fingerprint density at radius 1 is 1.00 bits per heavy atom. The van der Waals surface area contributed by atoms with Gasteiger partial charge < -0.3 is 10.3 Å². The highest BCUT2D eigenvalue weighted by atomic mass is 32.2. The van der Waals surface area contributed by atoms with E-state index in [9.17, 15) is 17.6 Å². The topological polar surface area (TPSA) is 91.9 Å². The van der Waals surface area contributed by atoms with Crippen molar-refractivity contribution in [3.63, 3.8) is 0 Å². The Bertz CT molecular complexity index is 1470. The molecular weight excluding hydrogens is 417 g/mol. The van der Waals surface area contributed by atoms with E-state index in [1.54, 1.807) is 6.07 Å². The van der Waals surface area contributed by atoms with Crippen molar-refractivity contribution in [3.8, 4) is 22.5 Å². The van der Waals surface area contributed by atoms with Crippen LogP contribution in [0, 0.1) is 5.82 Å². The van der Waals surface area contributed by atoms with Crippen LogP contribution >= 0.6 is 0 Å². The van der Waals surface area contributed by atoms with Gasteiger partial charge in [-0.3, -0.25) is 4.79 Å². The zero-order chi connectivity index (χ0) is 21.8. The molecular formula is C23H18FN3O3S. The molecule has 3 heterocycles. The fourth-order valence-electron chi connectivity index (χ4n) is 3.89. The van der Waals surface area contributed by atoms with Crippen molar-refractivity contribution in [1.82, 2.24) is 15.3 Å². The molecule has 1 amide bonds. The number of nitrogens with zero attached hydrogens (tertiary/aromatic N) is 1. The van der Waals surface area contributed by atoms with Crippen LogP contribution in [0.5, 0.6) is 0 Å². The molecule has 0 spiro atoms. The first-order chi connectivity index (χ1) is 14.8. The Morgan fingerprint density at radius 3 is 2.58 bits per heavy atom. The Balaban J connectivity index is 1.65. The Labute approximate surface area is 178 Å². The summed E-state index contributed by atoms with van der Waals surface area (Å²) in [4.78, 5) is 20.1. The molecule has 0 aliphatic carbocycles. The van der Waals surface area contributed by atoms with Crippen molar-refractivity contribution in [2.24, 2.45) is 0 Å². The number of H-pyrrole nitrogens is 1. The van der Waals surface area contributed by atoms with E-state index in [1.165, 1.54) is 12.1 Å². The molecule has 156 valence electrons. The first kappa shape index (κ1) is 19.4. The summed E-state index contributed by atoms with van der Waals surface area (Å²) >= 11 is 0. The number of carbonyl (C=O) groups is 1. The molecule has 6 nitrogen and oxygen atoms in total. The molecule has 1 aliphatic heterocycles. The quantitative estimate of drug-likeness (QED) is 0.513. The monoisotopic (exact) mass is 435 g/mol. The van der Waals surface area contributed by atoms with Crippen molar-refractivity contribution >= 4 is 26.6 Å². The Kier molecular flexibility index (Phi) is 4.40. The van der Waals surface area contributed by atoms with Gasteiger partial charge in [-0.05, 0) is 30.3 Å². The molecule has 1 aliphatic rings. The third-order valence-corrected chi connectivity index (χ3v) is 6.57. The zero-order valence-electron chi connectivity index (χ0n) is 16.6. The fourth-order valence-corrected chi connectivity index (χ4v) is 4.52. The fraction of sp³-hybridized carbons (Fsp3) is 0.130. The van der Waals surface area contributed by atoms with Gasteiger partial charge in [-0.2, -0.15) is 0 Å². The van der Waals surface area contributed by atoms with E-state index >= 15 is 0 Å². The van der Waals surface area contributed by atoms with E-state index in [2.05, 4.69) is 15.3 Å². The third kappa shape index (κ3) is 3.38. The van der Waals surface area contributed by atoms with Crippen LogP contribution in [0.2, 0.25) is 0 Å². The van der Waals surface area contributed by atoms with Crippen molar-refractivity contribution in [1.29, 1.82) is 0 Å². The molecule has 0 saturated heterocycles. The molecule has 0 bridgehead atoms. The lowest BCUT2D eigenvalue weighted by atomic mass is 10.0. The van der Waals surface area contributed by atoms with Gasteiger partial charge in [-0.1, -0.05) is 24.3 Å². The van der Waals surface area contributed by atoms with Gasteiger partial charge in [-0.15, -0.1) is 0 Å². The molecule has 5 rings (SSSR count). The molecule has 2 aromatic carbocycles. The van der Waals surface area contributed by atoms with E-state index in [1.807, 2.05) is 30.3 Å². The SMILES string of the molecule is CS(=O)(=O)c1ccc(-c2ccc3cccc(-c4cc5c([nH]4)CCNC5=O)c3n2)c(F)c1. The zero-order valence-corrected chi connectivity index (χ0v) is 17.4. The molecule has 31 heavy (non-hydrogen) atoms. The number of rotatable bonds is 3. The number of halogens is 1. The third-order valence-electron chi connectivity index (χ3n) is 5.46. The first-order valence-electron chi connectivity index (χ1n) is 9.71. The summed E-state index contributed by atoms with van der Waals surface area (Å²) < 4.78 is 38.1. The maximum absolute atomic E-state index is 14.7. The summed E-state index contributed by atoms with van der Waals surface area (Å²) in [5, 5.41) is 3.70. The normalized spacial score (nSPS) is 13.8. The number of carbonyl (C=O) groups excluding carboxylic acids is 1. The minimum absolute atomic E-state index is 0.0783. The lowest BCUT2D eigenvalue weighted by Crippen LogP contribution is -2.31. The van der Waals surface area contributed by atoms with Gasteiger partial charge in [0.2, 0.25) is 0 Å². The second-order valence-corrected chi connectivity index (χ2v) is 9.58. The highest BCUT2D eigenvalue weighted by Crippen LogP contribution is 2.32. The average Bonchev–Trinajstić information content (AvgIpc) is 3.18. The van der Waals surface area contributed by atoms with Crippen molar-refractivity contribution in [3.05, 3.63) is 71.7 Å². The number of amides is 1. The van der Waals surface area contributed by atoms with Crippen LogP contribution in [-0.4, -0.2) is 37.1 Å². The van der Waals surface area contributed by atoms with Crippen LogP contribution in [0.1, 0.15) is 16.1 Å². The molecule has 0 fully saturated rings. The summed E-state index contributed by atoms with van der Waals surface area (Å²) in [6.07, 6.45) is 1.76. The second-order valence-electron chi connectivity index (χ2n) is 7.57. The summed E-state index contributed by atoms with van der Waals surface area (Å²) in [7, 11) is -3.51. The van der Waals surface area contributed by atoms with Gasteiger partial charge in [0.25, 0.3) is 5.91 Å². The smallest absolute Gasteiger partial charge is 0.253 e. The maximum Gasteiger partial charge on any atom is 0.253 e. The average molecular weight is 435 g/mol. The van der Waals surface area contributed by atoms with Gasteiger partial charge in [0, 0.05) is 47.1 Å². The van der Waals surface area contributed by atoms with Gasteiger partial charge >= 0.3 is 0 Å². The number of fused-ring (bicyclic) bond motifs is 2. The molecule has 8 heteroatoms. The van der Waals surface area contributed by atoms with Gasteiger partial charge in [0.1, 0.15) is 5.82 Å². The highest BCUT2D eigenvalue weighted by molar-refractivity contribution is 7.90. The number of aromatic amines is 1. The van der Waals surface area contributed by atoms with Crippen LogP contribution in [-0.2, 0) is 16.3 Å². The van der Waals surface area contributed by atoms with Crippen LogP contribution < -0.4 is 5.32 Å². The summed E-state index contributed by atoms with van der Waals surface area (Å²) in [5.41, 5.74) is 4.34. The van der Waals surface area contributed by atoms with Crippen molar-refractivity contribution < 1.29 is 17.6 Å². The molecule has 0 saturated carbocycles. The number of aromatic nitrogens is 2. The molecule has 0 radical (unpaired) electrons. The number of sulfone groups is 1. The number of hydrogen-bond acceptors (Lipinski definition) is 4. The number of hydrogen-bond donors (Lipinski definition) is 2. The van der Waals surface area contributed by atoms with E-state index in [4.69, 9.17) is 0 Å². The van der Waals surface area contributed by atoms with Crippen molar-refractivity contribution in [2.75, 3.05) is 12.8 Å². The molecule has 0 unspecified atom stereocenters. The maximum atomic E-state index is 14.7. The summed E-state index contributed by atoms with van der Waals surface area (Å²) in [6, 6.07) is 14.9. The first-order valence-corrected chi connectivity index (χ1v) is 11.6. The van der Waals surface area contributed by atoms with Crippen LogP contribution in [0.15, 0.2) is 59.5 Å². The number of benzene rings is 2. The predicted octanol–water partition coefficient (Wildman–Crippen LogP) is 3.73. The Morgan fingerprint density at radius 2 is 1.84 bits per heavy atom. The number of para-hydroxylation sites is 1. The van der Waals surface area contributed by atoms with Gasteiger partial charge in [-0.25, -0.2) is 17.8 Å². The standard InChI is InChI=1S/C23H18FN3O3S/c1-31(29,30)14-6-7-15(18(24)11-14)19-8-5-13-3-2-4-16(22(13)27-19)21-12-17-20(26-21)9-10-25-23(17)28/h2-8,11-12,26H,9-10H2,1H3,(H,25,28). The van der Waals surface area contributed by atoms with Crippen molar-refractivity contribution in [2.45, 2.75) is 11.3 Å². The second kappa shape index (κ2) is 7.02. The lowest BCUT2D eigenvalue weighted by Gasteiger charge is -2.11. The van der Waals surface area contributed by atoms with Crippen LogP contribution in [0.3, 0.4) is 0 Å². The minimum Gasteiger partial charge on any atom is -0.358 e. The van der Waals surface area contributed by atoms with E-state index in [-0.39, 0.29) is 16.4 Å². The van der Waals surface area contributed by atoms with Crippen LogP contribution in [0.4, 0.5) is 4.39 Å². The number of pyridine rings is 1. The molecule has 2 aromatic heterocycles.